The van der Waals surface area contributed by atoms with Gasteiger partial charge in [-0.2, -0.15) is 9.97 Å². The molecular formula is C10H14ClN7O3. The maximum Gasteiger partial charge on any atom is 0.226 e. The molecule has 11 heteroatoms. The number of imidazole rings is 1. The molecule has 1 aliphatic heterocycles. The van der Waals surface area contributed by atoms with Crippen molar-refractivity contribution < 1.29 is 14.9 Å². The minimum absolute atomic E-state index is 0.0150. The molecular weight excluding hydrogens is 302 g/mol. The van der Waals surface area contributed by atoms with E-state index in [0.29, 0.717) is 11.2 Å². The molecule has 0 radical (unpaired) electrons. The number of nitrogens with zero attached hydrogens (tertiary/aromatic N) is 4. The van der Waals surface area contributed by atoms with Crippen LogP contribution in [0.25, 0.3) is 11.2 Å². The number of halogens is 1. The lowest BCUT2D eigenvalue weighted by atomic mass is 10.1. The van der Waals surface area contributed by atoms with Gasteiger partial charge in [-0.15, -0.1) is 0 Å². The maximum absolute atomic E-state index is 10.1. The third-order valence-electron chi connectivity index (χ3n) is 3.34. The van der Waals surface area contributed by atoms with Crippen molar-refractivity contribution in [2.24, 2.45) is 11.5 Å². The van der Waals surface area contributed by atoms with E-state index in [1.54, 1.807) is 0 Å². The van der Waals surface area contributed by atoms with Crippen molar-refractivity contribution in [1.29, 1.82) is 0 Å². The van der Waals surface area contributed by atoms with Crippen molar-refractivity contribution in [3.63, 3.8) is 0 Å². The highest BCUT2D eigenvalue weighted by Crippen LogP contribution is 2.36. The molecule has 3 heterocycles. The fourth-order valence-electron chi connectivity index (χ4n) is 2.39. The maximum atomic E-state index is 10.1. The van der Waals surface area contributed by atoms with E-state index in [9.17, 15) is 10.2 Å². The second kappa shape index (κ2) is 4.73. The van der Waals surface area contributed by atoms with E-state index in [1.807, 2.05) is 0 Å². The van der Waals surface area contributed by atoms with E-state index >= 15 is 0 Å². The lowest BCUT2D eigenvalue weighted by Crippen LogP contribution is -2.55. The third kappa shape index (κ3) is 2.31. The number of aliphatic hydroxyl groups is 2. The van der Waals surface area contributed by atoms with Crippen LogP contribution in [-0.2, 0) is 4.74 Å². The SMILES string of the molecule is Nc1nc(Cl)nc2c1ncn2[C@H]1C[C@](N)(O)[C@@H](C(N)O)O1. The summed E-state index contributed by atoms with van der Waals surface area (Å²) in [5.41, 5.74) is 15.7. The van der Waals surface area contributed by atoms with Crippen LogP contribution in [0, 0.1) is 0 Å². The van der Waals surface area contributed by atoms with Gasteiger partial charge in [0, 0.05) is 6.42 Å². The third-order valence-corrected chi connectivity index (χ3v) is 3.51. The molecule has 2 aromatic heterocycles. The molecule has 8 N–H and O–H groups in total. The number of aliphatic hydroxyl groups excluding tert-OH is 1. The molecule has 0 saturated carbocycles. The van der Waals surface area contributed by atoms with Crippen LogP contribution in [0.4, 0.5) is 5.82 Å². The molecule has 1 unspecified atom stereocenters. The number of hydrogen-bond acceptors (Lipinski definition) is 9. The van der Waals surface area contributed by atoms with Crippen molar-refractivity contribution in [2.75, 3.05) is 5.73 Å². The highest BCUT2D eigenvalue weighted by atomic mass is 35.5. The van der Waals surface area contributed by atoms with E-state index in [-0.39, 0.29) is 17.5 Å². The molecule has 0 spiro atoms. The molecule has 1 fully saturated rings. The number of nitrogens with two attached hydrogens (primary N) is 3. The van der Waals surface area contributed by atoms with E-state index in [2.05, 4.69) is 15.0 Å². The standard InChI is InChI=1S/C10H14ClN7O3/c11-9-16-6(12)4-8(17-9)18(2-15-4)3-1-10(14,20)5(21-3)7(13)19/h2-3,5,7,19-20H,1,13-14H2,(H2,12,16,17)/t3-,5-,7?,10+/m1/s1. The lowest BCUT2D eigenvalue weighted by molar-refractivity contribution is -0.111. The summed E-state index contributed by atoms with van der Waals surface area (Å²) in [5.74, 6) is 0.125. The number of ether oxygens (including phenoxy) is 1. The van der Waals surface area contributed by atoms with E-state index in [1.165, 1.54) is 10.9 Å². The van der Waals surface area contributed by atoms with Gasteiger partial charge in [0.15, 0.2) is 11.5 Å². The van der Waals surface area contributed by atoms with Crippen LogP contribution in [0.2, 0.25) is 5.28 Å². The molecule has 10 nitrogen and oxygen atoms in total. The van der Waals surface area contributed by atoms with Crippen LogP contribution in [-0.4, -0.2) is 47.8 Å². The van der Waals surface area contributed by atoms with Gasteiger partial charge >= 0.3 is 0 Å². The average Bonchev–Trinajstić information content (AvgIpc) is 2.89. The fourth-order valence-corrected chi connectivity index (χ4v) is 2.56. The normalized spacial score (nSPS) is 30.9. The molecule has 0 bridgehead atoms. The number of hydrogen-bond donors (Lipinski definition) is 5. The molecule has 114 valence electrons. The second-order valence-electron chi connectivity index (χ2n) is 4.90. The van der Waals surface area contributed by atoms with Crippen LogP contribution in [0.15, 0.2) is 6.33 Å². The Kier molecular flexibility index (Phi) is 3.24. The summed E-state index contributed by atoms with van der Waals surface area (Å²) in [6.07, 6.45) is -1.90. The largest absolute Gasteiger partial charge is 0.382 e. The molecule has 0 amide bonds. The Hall–Kier alpha value is -1.56. The number of rotatable bonds is 2. The van der Waals surface area contributed by atoms with Crippen LogP contribution >= 0.6 is 11.6 Å². The van der Waals surface area contributed by atoms with E-state index < -0.39 is 24.3 Å². The summed E-state index contributed by atoms with van der Waals surface area (Å²) in [6.45, 7) is 0. The second-order valence-corrected chi connectivity index (χ2v) is 5.24. The number of anilines is 1. The van der Waals surface area contributed by atoms with Crippen LogP contribution in [0.3, 0.4) is 0 Å². The zero-order valence-electron chi connectivity index (χ0n) is 10.7. The van der Waals surface area contributed by atoms with Gasteiger partial charge in [-0.05, 0) is 11.6 Å². The average molecular weight is 316 g/mol. The van der Waals surface area contributed by atoms with Gasteiger partial charge in [-0.3, -0.25) is 4.57 Å². The lowest BCUT2D eigenvalue weighted by Gasteiger charge is -2.24. The molecule has 1 aliphatic rings. The molecule has 21 heavy (non-hydrogen) atoms. The topological polar surface area (TPSA) is 171 Å². The van der Waals surface area contributed by atoms with Crippen molar-refractivity contribution >= 4 is 28.6 Å². The number of fused-ring (bicyclic) bond motifs is 1. The molecule has 0 aliphatic carbocycles. The predicted molar refractivity (Wildman–Crippen MR) is 72.6 cm³/mol. The Bertz CT molecular complexity index is 689. The fraction of sp³-hybridized carbons (Fsp3) is 0.500. The molecule has 0 aromatic carbocycles. The summed E-state index contributed by atoms with van der Waals surface area (Å²) in [7, 11) is 0. The Balaban J connectivity index is 2.03. The number of aromatic nitrogens is 4. The van der Waals surface area contributed by atoms with Gasteiger partial charge in [-0.1, -0.05) is 0 Å². The summed E-state index contributed by atoms with van der Waals surface area (Å²) < 4.78 is 7.00. The molecule has 4 atom stereocenters. The summed E-state index contributed by atoms with van der Waals surface area (Å²) >= 11 is 5.78. The van der Waals surface area contributed by atoms with E-state index in [0.717, 1.165) is 0 Å². The zero-order valence-corrected chi connectivity index (χ0v) is 11.5. The minimum atomic E-state index is -1.78. The highest BCUT2D eigenvalue weighted by molar-refractivity contribution is 6.28. The Morgan fingerprint density at radius 3 is 2.86 bits per heavy atom. The number of nitrogen functional groups attached to an aromatic ring is 1. The van der Waals surface area contributed by atoms with Crippen LogP contribution in [0.1, 0.15) is 12.6 Å². The smallest absolute Gasteiger partial charge is 0.226 e. The Labute approximate surface area is 123 Å². The molecule has 3 rings (SSSR count). The quantitative estimate of drug-likeness (QED) is 0.319. The first-order chi connectivity index (χ1) is 9.79. The minimum Gasteiger partial charge on any atom is -0.382 e. The van der Waals surface area contributed by atoms with Crippen molar-refractivity contribution in [3.8, 4) is 0 Å². The predicted octanol–water partition coefficient (Wildman–Crippen LogP) is -1.73. The summed E-state index contributed by atoms with van der Waals surface area (Å²) in [6, 6.07) is 0. The van der Waals surface area contributed by atoms with Gasteiger partial charge in [0.05, 0.1) is 6.33 Å². The summed E-state index contributed by atoms with van der Waals surface area (Å²) in [5, 5.41) is 19.5. The van der Waals surface area contributed by atoms with Crippen LogP contribution < -0.4 is 17.2 Å². The van der Waals surface area contributed by atoms with Gasteiger partial charge in [0.25, 0.3) is 0 Å². The van der Waals surface area contributed by atoms with Crippen molar-refractivity contribution in [2.45, 2.75) is 30.7 Å². The van der Waals surface area contributed by atoms with Crippen LogP contribution in [0.5, 0.6) is 0 Å². The Morgan fingerprint density at radius 2 is 2.24 bits per heavy atom. The monoisotopic (exact) mass is 315 g/mol. The van der Waals surface area contributed by atoms with Gasteiger partial charge in [0.2, 0.25) is 5.28 Å². The zero-order chi connectivity index (χ0) is 15.4. The van der Waals surface area contributed by atoms with Gasteiger partial charge < -0.3 is 32.2 Å². The first kappa shape index (κ1) is 14.4. The summed E-state index contributed by atoms with van der Waals surface area (Å²) in [4.78, 5) is 11.9. The molecule has 2 aromatic rings. The van der Waals surface area contributed by atoms with Gasteiger partial charge in [-0.25, -0.2) is 4.98 Å². The van der Waals surface area contributed by atoms with Gasteiger partial charge in [0.1, 0.15) is 29.8 Å². The first-order valence-electron chi connectivity index (χ1n) is 6.05. The van der Waals surface area contributed by atoms with Crippen molar-refractivity contribution in [1.82, 2.24) is 19.5 Å². The molecule has 1 saturated heterocycles. The Morgan fingerprint density at radius 1 is 1.52 bits per heavy atom. The van der Waals surface area contributed by atoms with E-state index in [4.69, 9.17) is 33.5 Å². The van der Waals surface area contributed by atoms with Crippen molar-refractivity contribution in [3.05, 3.63) is 11.6 Å². The first-order valence-corrected chi connectivity index (χ1v) is 6.43. The highest BCUT2D eigenvalue weighted by Gasteiger charge is 2.48.